The molecule has 0 unspecified atom stereocenters. The first-order valence-electron chi connectivity index (χ1n) is 10.1. The number of allylic oxidation sites excluding steroid dienone is 1. The fourth-order valence-corrected chi connectivity index (χ4v) is 4.07. The lowest BCUT2D eigenvalue weighted by molar-refractivity contribution is -0.144. The Morgan fingerprint density at radius 2 is 1.77 bits per heavy atom. The van der Waals surface area contributed by atoms with Crippen molar-refractivity contribution in [3.05, 3.63) is 95.2 Å². The maximum Gasteiger partial charge on any atom is 0.338 e. The summed E-state index contributed by atoms with van der Waals surface area (Å²) in [5.74, 6) is 0.0866. The molecule has 31 heavy (non-hydrogen) atoms. The van der Waals surface area contributed by atoms with Crippen molar-refractivity contribution in [2.75, 3.05) is 5.32 Å². The molecule has 5 rings (SSSR count). The third-order valence-electron chi connectivity index (χ3n) is 5.60. The molecule has 3 aromatic carbocycles. The third-order valence-corrected chi connectivity index (χ3v) is 5.60. The van der Waals surface area contributed by atoms with E-state index < -0.39 is 18.1 Å². The Hall–Kier alpha value is -4.00. The maximum absolute atomic E-state index is 13.4. The van der Waals surface area contributed by atoms with Gasteiger partial charge in [0.25, 0.3) is 0 Å². The highest BCUT2D eigenvalue weighted by molar-refractivity contribution is 5.95. The Labute approximate surface area is 179 Å². The topological polar surface area (TPSA) is 81.9 Å². The number of nitrogens with zero attached hydrogens (tertiary/aromatic N) is 4. The minimum absolute atomic E-state index is 0.391. The molecule has 1 aliphatic heterocycles. The number of hydrogen-bond donors (Lipinski definition) is 1. The molecule has 0 spiro atoms. The summed E-state index contributed by atoms with van der Waals surface area (Å²) in [6, 6.07) is 23.3. The second kappa shape index (κ2) is 7.68. The van der Waals surface area contributed by atoms with Crippen molar-refractivity contribution >= 4 is 22.7 Å². The van der Waals surface area contributed by atoms with Gasteiger partial charge < -0.3 is 10.1 Å². The van der Waals surface area contributed by atoms with Gasteiger partial charge in [-0.3, -0.25) is 0 Å². The van der Waals surface area contributed by atoms with Crippen LogP contribution in [0.4, 0.5) is 5.95 Å². The van der Waals surface area contributed by atoms with Crippen LogP contribution in [0.1, 0.15) is 37.1 Å². The fourth-order valence-electron chi connectivity index (χ4n) is 4.07. The number of anilines is 1. The van der Waals surface area contributed by atoms with E-state index in [1.165, 1.54) is 0 Å². The highest BCUT2D eigenvalue weighted by Crippen LogP contribution is 2.38. The Morgan fingerprint density at radius 3 is 2.61 bits per heavy atom. The van der Waals surface area contributed by atoms with Gasteiger partial charge in [-0.15, -0.1) is 0 Å². The van der Waals surface area contributed by atoms with Crippen LogP contribution in [0.15, 0.2) is 84.1 Å². The van der Waals surface area contributed by atoms with E-state index in [9.17, 15) is 4.79 Å². The minimum Gasteiger partial charge on any atom is -0.454 e. The van der Waals surface area contributed by atoms with Crippen molar-refractivity contribution < 1.29 is 9.53 Å². The van der Waals surface area contributed by atoms with E-state index in [2.05, 4.69) is 20.8 Å². The van der Waals surface area contributed by atoms with Crippen LogP contribution in [0, 0.1) is 0 Å². The highest BCUT2D eigenvalue weighted by Gasteiger charge is 2.36. The van der Waals surface area contributed by atoms with Crippen molar-refractivity contribution in [3.8, 4) is 0 Å². The normalized spacial score (nSPS) is 16.5. The Bertz CT molecular complexity index is 1290. The number of aromatic nitrogens is 4. The first-order chi connectivity index (χ1) is 15.1. The number of tetrazole rings is 1. The summed E-state index contributed by atoms with van der Waals surface area (Å²) in [4.78, 5) is 13.4. The molecule has 1 aliphatic rings. The maximum atomic E-state index is 13.4. The summed E-state index contributed by atoms with van der Waals surface area (Å²) in [6.07, 6.45) is -0.391. The van der Waals surface area contributed by atoms with Crippen LogP contribution < -0.4 is 5.32 Å². The zero-order valence-electron chi connectivity index (χ0n) is 17.2. The summed E-state index contributed by atoms with van der Waals surface area (Å²) in [7, 11) is 0. The molecule has 7 nitrogen and oxygen atoms in total. The van der Waals surface area contributed by atoms with Gasteiger partial charge >= 0.3 is 5.97 Å². The van der Waals surface area contributed by atoms with E-state index in [4.69, 9.17) is 4.74 Å². The second-order valence-corrected chi connectivity index (χ2v) is 7.54. The molecule has 0 radical (unpaired) electrons. The summed E-state index contributed by atoms with van der Waals surface area (Å²) >= 11 is 0. The largest absolute Gasteiger partial charge is 0.454 e. The van der Waals surface area contributed by atoms with Crippen molar-refractivity contribution in [3.63, 3.8) is 0 Å². The molecule has 2 heterocycles. The Kier molecular flexibility index (Phi) is 4.71. The Balaban J connectivity index is 1.60. The number of carbonyl (C=O) groups excluding carboxylic acids is 1. The average molecular weight is 411 g/mol. The van der Waals surface area contributed by atoms with Crippen molar-refractivity contribution in [2.24, 2.45) is 0 Å². The van der Waals surface area contributed by atoms with Crippen LogP contribution in [0.3, 0.4) is 0 Å². The van der Waals surface area contributed by atoms with Gasteiger partial charge in [0.15, 0.2) is 0 Å². The zero-order valence-corrected chi connectivity index (χ0v) is 17.2. The smallest absolute Gasteiger partial charge is 0.338 e. The number of carbonyl (C=O) groups is 1. The summed E-state index contributed by atoms with van der Waals surface area (Å²) < 4.78 is 7.52. The molecule has 0 bridgehead atoms. The Morgan fingerprint density at radius 1 is 1.03 bits per heavy atom. The molecule has 1 N–H and O–H groups in total. The van der Waals surface area contributed by atoms with Crippen molar-refractivity contribution in [1.29, 1.82) is 0 Å². The van der Waals surface area contributed by atoms with Crippen molar-refractivity contribution in [1.82, 2.24) is 20.2 Å². The third kappa shape index (κ3) is 3.34. The van der Waals surface area contributed by atoms with E-state index in [-0.39, 0.29) is 0 Å². The van der Waals surface area contributed by atoms with Gasteiger partial charge in [0.05, 0.1) is 5.57 Å². The van der Waals surface area contributed by atoms with Crippen LogP contribution in [0.2, 0.25) is 0 Å². The molecule has 7 heteroatoms. The minimum atomic E-state index is -0.507. The van der Waals surface area contributed by atoms with Crippen molar-refractivity contribution in [2.45, 2.75) is 26.0 Å². The number of ether oxygens (including phenoxy) is 1. The van der Waals surface area contributed by atoms with Gasteiger partial charge in [-0.1, -0.05) is 77.9 Å². The monoisotopic (exact) mass is 411 g/mol. The molecule has 0 saturated heterocycles. The second-order valence-electron chi connectivity index (χ2n) is 7.54. The lowest BCUT2D eigenvalue weighted by atomic mass is 9.91. The number of hydrogen-bond acceptors (Lipinski definition) is 6. The van der Waals surface area contributed by atoms with Gasteiger partial charge in [-0.2, -0.15) is 4.68 Å². The van der Waals surface area contributed by atoms with Crippen LogP contribution in [0.25, 0.3) is 10.8 Å². The van der Waals surface area contributed by atoms with Gasteiger partial charge in [-0.05, 0) is 46.2 Å². The SMILES string of the molecule is CC1=C(C(=O)O[C@@H](C)c2ccccc2)[C@H](c2cccc3ccccc23)n2nnnc2N1. The zero-order chi connectivity index (χ0) is 21.4. The molecular weight excluding hydrogens is 390 g/mol. The van der Waals surface area contributed by atoms with Crippen LogP contribution in [-0.2, 0) is 9.53 Å². The first-order valence-corrected chi connectivity index (χ1v) is 10.1. The average Bonchev–Trinajstić information content (AvgIpc) is 3.26. The molecule has 0 fully saturated rings. The van der Waals surface area contributed by atoms with Crippen LogP contribution >= 0.6 is 0 Å². The molecular formula is C24H21N5O2. The summed E-state index contributed by atoms with van der Waals surface area (Å²) in [6.45, 7) is 3.72. The standard InChI is InChI=1S/C24H21N5O2/c1-15-21(23(30)31-16(2)17-9-4-3-5-10-17)22(29-24(25-15)26-27-28-29)20-14-8-12-18-11-6-7-13-19(18)20/h3-14,16,22H,1-2H3,(H,25,26,28)/t16-,22-/m0/s1. The van der Waals surface area contributed by atoms with E-state index >= 15 is 0 Å². The molecule has 0 aliphatic carbocycles. The number of nitrogens with one attached hydrogen (secondary N) is 1. The van der Waals surface area contributed by atoms with E-state index in [1.54, 1.807) is 4.68 Å². The number of rotatable bonds is 4. The highest BCUT2D eigenvalue weighted by atomic mass is 16.5. The van der Waals surface area contributed by atoms with Gasteiger partial charge in [-0.25, -0.2) is 4.79 Å². The van der Waals surface area contributed by atoms with Gasteiger partial charge in [0.1, 0.15) is 12.1 Å². The van der Waals surface area contributed by atoms with E-state index in [1.807, 2.05) is 86.6 Å². The number of fused-ring (bicyclic) bond motifs is 2. The predicted molar refractivity (Wildman–Crippen MR) is 117 cm³/mol. The van der Waals surface area contributed by atoms with Crippen LogP contribution in [0.5, 0.6) is 0 Å². The lowest BCUT2D eigenvalue weighted by Crippen LogP contribution is -2.30. The summed E-state index contributed by atoms with van der Waals surface area (Å²) in [5.41, 5.74) is 3.03. The molecule has 154 valence electrons. The quantitative estimate of drug-likeness (QED) is 0.501. The van der Waals surface area contributed by atoms with E-state index in [0.29, 0.717) is 17.2 Å². The number of esters is 1. The summed E-state index contributed by atoms with van der Waals surface area (Å²) in [5, 5.41) is 17.3. The molecule has 1 aromatic heterocycles. The predicted octanol–water partition coefficient (Wildman–Crippen LogP) is 4.42. The molecule has 0 amide bonds. The number of benzene rings is 3. The molecule has 0 saturated carbocycles. The fraction of sp³-hybridized carbons (Fsp3) is 0.167. The first kappa shape index (κ1) is 19.0. The lowest BCUT2D eigenvalue weighted by Gasteiger charge is -2.29. The molecule has 4 aromatic rings. The van der Waals surface area contributed by atoms with Gasteiger partial charge in [0.2, 0.25) is 5.95 Å². The van der Waals surface area contributed by atoms with Gasteiger partial charge in [0, 0.05) is 5.70 Å². The molecule has 2 atom stereocenters. The van der Waals surface area contributed by atoms with Crippen LogP contribution in [-0.4, -0.2) is 26.2 Å². The van der Waals surface area contributed by atoms with E-state index in [0.717, 1.165) is 21.9 Å².